The van der Waals surface area contributed by atoms with Crippen molar-refractivity contribution in [2.75, 3.05) is 0 Å². The maximum Gasteiger partial charge on any atom is 0.412 e. The molecule has 0 radical (unpaired) electrons. The van der Waals surface area contributed by atoms with E-state index < -0.39 is 18.1 Å². The molecule has 0 bridgehead atoms. The third kappa shape index (κ3) is 3.62. The fourth-order valence-electron chi connectivity index (χ4n) is 2.80. The highest BCUT2D eigenvalue weighted by Crippen LogP contribution is 2.33. The largest absolute Gasteiger partial charge is 0.412 e. The monoisotopic (exact) mass is 372 g/mol. The number of terminal acetylenes is 1. The lowest BCUT2D eigenvalue weighted by Crippen LogP contribution is -2.38. The van der Waals surface area contributed by atoms with Crippen molar-refractivity contribution in [3.05, 3.63) is 64.9 Å². The molecule has 5 nitrogen and oxygen atoms in total. The summed E-state index contributed by atoms with van der Waals surface area (Å²) in [5.74, 6) is 1.32. The van der Waals surface area contributed by atoms with Gasteiger partial charge in [-0.25, -0.2) is 9.97 Å². The Balaban J connectivity index is 2.00. The van der Waals surface area contributed by atoms with Crippen LogP contribution in [0.25, 0.3) is 5.65 Å². The van der Waals surface area contributed by atoms with Gasteiger partial charge in [-0.15, -0.1) is 6.42 Å². The van der Waals surface area contributed by atoms with Gasteiger partial charge in [-0.3, -0.25) is 9.20 Å². The Morgan fingerprint density at radius 3 is 2.70 bits per heavy atom. The second-order valence-electron chi connectivity index (χ2n) is 6.04. The van der Waals surface area contributed by atoms with Gasteiger partial charge >= 0.3 is 6.18 Å². The van der Waals surface area contributed by atoms with Crippen molar-refractivity contribution in [3.63, 3.8) is 0 Å². The summed E-state index contributed by atoms with van der Waals surface area (Å²) in [5.41, 5.74) is 1.54. The van der Waals surface area contributed by atoms with E-state index in [1.54, 1.807) is 24.3 Å². The van der Waals surface area contributed by atoms with Crippen LogP contribution in [0, 0.1) is 26.2 Å². The summed E-state index contributed by atoms with van der Waals surface area (Å²) in [4.78, 5) is 20.7. The molecule has 27 heavy (non-hydrogen) atoms. The van der Waals surface area contributed by atoms with E-state index in [1.165, 1.54) is 30.6 Å². The zero-order valence-electron chi connectivity index (χ0n) is 14.5. The summed E-state index contributed by atoms with van der Waals surface area (Å²) < 4.78 is 42.3. The minimum absolute atomic E-state index is 0.157. The molecule has 0 aliphatic rings. The molecule has 2 aromatic heterocycles. The number of nitrogens with zero attached hydrogens (tertiary/aromatic N) is 3. The maximum absolute atomic E-state index is 13.6. The van der Waals surface area contributed by atoms with Crippen LogP contribution in [0.15, 0.2) is 36.7 Å². The van der Waals surface area contributed by atoms with Gasteiger partial charge in [-0.05, 0) is 37.6 Å². The third-order valence-corrected chi connectivity index (χ3v) is 4.03. The molecule has 0 fully saturated rings. The lowest BCUT2D eigenvalue weighted by Gasteiger charge is -2.22. The van der Waals surface area contributed by atoms with E-state index in [2.05, 4.69) is 15.9 Å². The first-order chi connectivity index (χ1) is 12.7. The smallest absolute Gasteiger partial charge is 0.335 e. The molecule has 0 saturated heterocycles. The summed E-state index contributed by atoms with van der Waals surface area (Å²) in [6.07, 6.45) is 1.90. The lowest BCUT2D eigenvalue weighted by molar-refractivity contribution is -0.155. The molecule has 8 heteroatoms. The minimum atomic E-state index is -4.71. The molecule has 0 aliphatic heterocycles. The third-order valence-electron chi connectivity index (χ3n) is 4.03. The zero-order valence-corrected chi connectivity index (χ0v) is 14.5. The number of aromatic nitrogens is 3. The van der Waals surface area contributed by atoms with Gasteiger partial charge in [0, 0.05) is 17.0 Å². The summed E-state index contributed by atoms with van der Waals surface area (Å²) in [6.45, 7) is 3.51. The topological polar surface area (TPSA) is 59.3 Å². The van der Waals surface area contributed by atoms with Crippen LogP contribution in [0.3, 0.4) is 0 Å². The van der Waals surface area contributed by atoms with E-state index in [9.17, 15) is 18.0 Å². The van der Waals surface area contributed by atoms with Crippen LogP contribution in [0.5, 0.6) is 0 Å². The van der Waals surface area contributed by atoms with E-state index in [0.717, 1.165) is 5.69 Å². The molecule has 3 rings (SSSR count). The summed E-state index contributed by atoms with van der Waals surface area (Å²) >= 11 is 0. The molecular weight excluding hydrogens is 357 g/mol. The number of benzene rings is 1. The van der Waals surface area contributed by atoms with Gasteiger partial charge in [-0.1, -0.05) is 18.1 Å². The lowest BCUT2D eigenvalue weighted by atomic mass is 10.0. The molecule has 1 N–H and O–H groups in total. The van der Waals surface area contributed by atoms with Crippen molar-refractivity contribution in [1.82, 2.24) is 19.7 Å². The van der Waals surface area contributed by atoms with Gasteiger partial charge in [-0.2, -0.15) is 13.2 Å². The molecule has 2 heterocycles. The van der Waals surface area contributed by atoms with Crippen molar-refractivity contribution in [2.45, 2.75) is 26.1 Å². The van der Waals surface area contributed by atoms with Crippen LogP contribution in [0.4, 0.5) is 13.2 Å². The number of hydrogen-bond donors (Lipinski definition) is 1. The van der Waals surface area contributed by atoms with Crippen molar-refractivity contribution in [2.24, 2.45) is 0 Å². The van der Waals surface area contributed by atoms with Crippen LogP contribution in [0.2, 0.25) is 0 Å². The Labute approximate surface area is 153 Å². The minimum Gasteiger partial charge on any atom is -0.335 e. The molecule has 138 valence electrons. The average molecular weight is 372 g/mol. The van der Waals surface area contributed by atoms with Crippen molar-refractivity contribution < 1.29 is 18.0 Å². The Morgan fingerprint density at radius 2 is 2.04 bits per heavy atom. The maximum atomic E-state index is 13.6. The van der Waals surface area contributed by atoms with Gasteiger partial charge in [0.1, 0.15) is 6.33 Å². The number of carbonyl (C=O) groups is 1. The summed E-state index contributed by atoms with van der Waals surface area (Å²) in [6, 6.07) is 4.96. The number of rotatable bonds is 3. The number of fused-ring (bicyclic) bond motifs is 1. The van der Waals surface area contributed by atoms with Crippen LogP contribution >= 0.6 is 0 Å². The molecule has 0 saturated carbocycles. The standard InChI is InChI=1S/C19H15F3N4O/c1-4-13-6-5-7-14(9-13)16(19(20,21)22)25-18(27)15-17-24-11(2)8-12(3)26(17)10-23-15/h1,5-10,16H,2-3H3,(H,25,27)/t16-/m1/s1. The first kappa shape index (κ1) is 18.5. The molecule has 0 spiro atoms. The molecule has 1 aromatic carbocycles. The van der Waals surface area contributed by atoms with Gasteiger partial charge in [0.2, 0.25) is 0 Å². The number of amides is 1. The first-order valence-corrected chi connectivity index (χ1v) is 7.96. The molecular formula is C19H15F3N4O. The molecule has 1 amide bonds. The van der Waals surface area contributed by atoms with Crippen LogP contribution in [-0.2, 0) is 0 Å². The number of imidazole rings is 1. The SMILES string of the molecule is C#Cc1cccc([C@@H](NC(=O)c2ncn3c(C)cc(C)nc23)C(F)(F)F)c1. The molecule has 0 aliphatic carbocycles. The molecule has 0 unspecified atom stereocenters. The fourth-order valence-corrected chi connectivity index (χ4v) is 2.80. The van der Waals surface area contributed by atoms with E-state index in [1.807, 2.05) is 5.32 Å². The quantitative estimate of drug-likeness (QED) is 0.718. The second-order valence-corrected chi connectivity index (χ2v) is 6.04. The van der Waals surface area contributed by atoms with Crippen LogP contribution in [0.1, 0.15) is 39.0 Å². The van der Waals surface area contributed by atoms with E-state index >= 15 is 0 Å². The summed E-state index contributed by atoms with van der Waals surface area (Å²) in [5, 5.41) is 2.01. The highest BCUT2D eigenvalue weighted by atomic mass is 19.4. The van der Waals surface area contributed by atoms with Crippen LogP contribution < -0.4 is 5.32 Å². The fraction of sp³-hybridized carbons (Fsp3) is 0.211. The number of alkyl halides is 3. The highest BCUT2D eigenvalue weighted by Gasteiger charge is 2.42. The van der Waals surface area contributed by atoms with Gasteiger partial charge in [0.25, 0.3) is 5.91 Å². The second kappa shape index (κ2) is 6.76. The Morgan fingerprint density at radius 1 is 1.30 bits per heavy atom. The van der Waals surface area contributed by atoms with E-state index in [-0.39, 0.29) is 22.5 Å². The predicted molar refractivity (Wildman–Crippen MR) is 93.1 cm³/mol. The van der Waals surface area contributed by atoms with Crippen molar-refractivity contribution >= 4 is 11.6 Å². The number of halogens is 3. The van der Waals surface area contributed by atoms with Crippen molar-refractivity contribution in [1.29, 1.82) is 0 Å². The van der Waals surface area contributed by atoms with Gasteiger partial charge in [0.05, 0.1) is 0 Å². The predicted octanol–water partition coefficient (Wildman–Crippen LogP) is 3.36. The van der Waals surface area contributed by atoms with E-state index in [4.69, 9.17) is 6.42 Å². The normalized spacial score (nSPS) is 12.6. The van der Waals surface area contributed by atoms with Gasteiger partial charge < -0.3 is 5.32 Å². The Hall–Kier alpha value is -3.34. The Kier molecular flexibility index (Phi) is 4.62. The summed E-state index contributed by atoms with van der Waals surface area (Å²) in [7, 11) is 0. The van der Waals surface area contributed by atoms with Crippen molar-refractivity contribution in [3.8, 4) is 12.3 Å². The molecule has 3 aromatic rings. The number of aryl methyl sites for hydroxylation is 2. The highest BCUT2D eigenvalue weighted by molar-refractivity contribution is 5.98. The zero-order chi connectivity index (χ0) is 19.8. The number of hydrogen-bond acceptors (Lipinski definition) is 3. The number of nitrogens with one attached hydrogen (secondary N) is 1. The Bertz CT molecular complexity index is 1060. The van der Waals surface area contributed by atoms with E-state index in [0.29, 0.717) is 5.69 Å². The van der Waals surface area contributed by atoms with Crippen LogP contribution in [-0.4, -0.2) is 26.5 Å². The first-order valence-electron chi connectivity index (χ1n) is 7.96. The van der Waals surface area contributed by atoms with Gasteiger partial charge in [0.15, 0.2) is 17.4 Å². The number of carbonyl (C=O) groups excluding carboxylic acids is 1. The molecule has 1 atom stereocenters. The average Bonchev–Trinajstić information content (AvgIpc) is 3.02.